The number of hydrogen-bond donors (Lipinski definition) is 2. The van der Waals surface area contributed by atoms with E-state index >= 15 is 0 Å². The predicted octanol–water partition coefficient (Wildman–Crippen LogP) is 1.20. The number of carbonyl (C=O) groups is 1. The van der Waals surface area contributed by atoms with E-state index in [1.165, 1.54) is 24.2 Å². The highest BCUT2D eigenvalue weighted by molar-refractivity contribution is 5.85. The molecule has 2 aromatic carbocycles. The van der Waals surface area contributed by atoms with E-state index < -0.39 is 5.91 Å². The van der Waals surface area contributed by atoms with Crippen molar-refractivity contribution in [3.8, 4) is 22.9 Å². The van der Waals surface area contributed by atoms with Crippen molar-refractivity contribution in [3.05, 3.63) is 54.1 Å². The Labute approximate surface area is 148 Å². The van der Waals surface area contributed by atoms with Crippen molar-refractivity contribution in [2.45, 2.75) is 6.54 Å². The van der Waals surface area contributed by atoms with Gasteiger partial charge in [-0.3, -0.25) is 4.79 Å². The molecule has 0 spiro atoms. The SMILES string of the molecule is COc1ccc(O)c(C=NNC(=O)Cn2nnc(-c3ccccc3)n2)c1. The molecule has 9 heteroatoms. The summed E-state index contributed by atoms with van der Waals surface area (Å²) in [6, 6.07) is 14.0. The third-order valence-corrected chi connectivity index (χ3v) is 3.40. The minimum Gasteiger partial charge on any atom is -0.507 e. The molecule has 1 amide bonds. The van der Waals surface area contributed by atoms with E-state index in [-0.39, 0.29) is 12.3 Å². The number of phenols is 1. The molecule has 3 aromatic rings. The maximum absolute atomic E-state index is 11.9. The molecule has 0 fully saturated rings. The number of hydrogen-bond acceptors (Lipinski definition) is 7. The highest BCUT2D eigenvalue weighted by atomic mass is 16.5. The van der Waals surface area contributed by atoms with Crippen LogP contribution in [0.4, 0.5) is 0 Å². The lowest BCUT2D eigenvalue weighted by Gasteiger charge is -2.03. The van der Waals surface area contributed by atoms with Gasteiger partial charge in [-0.05, 0) is 23.4 Å². The minimum atomic E-state index is -0.430. The molecule has 3 rings (SSSR count). The zero-order valence-electron chi connectivity index (χ0n) is 13.9. The van der Waals surface area contributed by atoms with Crippen LogP contribution in [0.3, 0.4) is 0 Å². The summed E-state index contributed by atoms with van der Waals surface area (Å²) < 4.78 is 5.07. The normalized spacial score (nSPS) is 10.8. The number of methoxy groups -OCH3 is 1. The third kappa shape index (κ3) is 4.20. The Kier molecular flexibility index (Phi) is 5.18. The van der Waals surface area contributed by atoms with Crippen molar-refractivity contribution < 1.29 is 14.6 Å². The lowest BCUT2D eigenvalue weighted by molar-refractivity contribution is -0.122. The Morgan fingerprint density at radius 1 is 1.31 bits per heavy atom. The summed E-state index contributed by atoms with van der Waals surface area (Å²) >= 11 is 0. The number of hydrazone groups is 1. The molecule has 9 nitrogen and oxygen atoms in total. The van der Waals surface area contributed by atoms with Crippen LogP contribution in [-0.2, 0) is 11.3 Å². The molecule has 0 aliphatic carbocycles. The van der Waals surface area contributed by atoms with E-state index in [1.807, 2.05) is 30.3 Å². The maximum Gasteiger partial charge on any atom is 0.263 e. The number of nitrogens with zero attached hydrogens (tertiary/aromatic N) is 5. The Hall–Kier alpha value is -3.75. The number of nitrogens with one attached hydrogen (secondary N) is 1. The molecule has 1 aromatic heterocycles. The first-order valence-corrected chi connectivity index (χ1v) is 7.68. The molecule has 1 heterocycles. The van der Waals surface area contributed by atoms with Gasteiger partial charge in [-0.1, -0.05) is 30.3 Å². The van der Waals surface area contributed by atoms with E-state index in [2.05, 4.69) is 25.9 Å². The summed E-state index contributed by atoms with van der Waals surface area (Å²) in [5.41, 5.74) is 3.57. The summed E-state index contributed by atoms with van der Waals surface area (Å²) in [4.78, 5) is 13.1. The van der Waals surface area contributed by atoms with Crippen LogP contribution in [0.5, 0.6) is 11.5 Å². The number of aromatic nitrogens is 4. The molecule has 0 saturated heterocycles. The van der Waals surface area contributed by atoms with E-state index in [1.54, 1.807) is 12.1 Å². The first-order valence-electron chi connectivity index (χ1n) is 7.68. The van der Waals surface area contributed by atoms with E-state index in [0.717, 1.165) is 5.56 Å². The largest absolute Gasteiger partial charge is 0.507 e. The topological polar surface area (TPSA) is 115 Å². The second-order valence-corrected chi connectivity index (χ2v) is 5.23. The quantitative estimate of drug-likeness (QED) is 0.509. The van der Waals surface area contributed by atoms with Gasteiger partial charge < -0.3 is 9.84 Å². The van der Waals surface area contributed by atoms with Crippen molar-refractivity contribution in [2.75, 3.05) is 7.11 Å². The standard InChI is InChI=1S/C17H16N6O3/c1-26-14-7-8-15(24)13(9-14)10-18-19-16(25)11-23-21-17(20-22-23)12-5-3-2-4-6-12/h2-10,24H,11H2,1H3,(H,19,25). The van der Waals surface area contributed by atoms with E-state index in [0.29, 0.717) is 17.1 Å². The van der Waals surface area contributed by atoms with Crippen LogP contribution in [0.2, 0.25) is 0 Å². The first-order chi connectivity index (χ1) is 12.7. The van der Waals surface area contributed by atoms with Gasteiger partial charge in [-0.2, -0.15) is 9.90 Å². The second-order valence-electron chi connectivity index (χ2n) is 5.23. The monoisotopic (exact) mass is 352 g/mol. The van der Waals surface area contributed by atoms with Crippen molar-refractivity contribution in [1.82, 2.24) is 25.6 Å². The Balaban J connectivity index is 1.59. The molecule has 0 aliphatic heterocycles. The fourth-order valence-corrected chi connectivity index (χ4v) is 2.11. The van der Waals surface area contributed by atoms with Crippen LogP contribution in [-0.4, -0.2) is 44.5 Å². The zero-order chi connectivity index (χ0) is 18.4. The van der Waals surface area contributed by atoms with Crippen LogP contribution >= 0.6 is 0 Å². The molecule has 132 valence electrons. The number of carbonyl (C=O) groups excluding carboxylic acids is 1. The number of rotatable bonds is 6. The Morgan fingerprint density at radius 2 is 2.12 bits per heavy atom. The van der Waals surface area contributed by atoms with Crippen LogP contribution in [0.1, 0.15) is 5.56 Å². The van der Waals surface area contributed by atoms with Gasteiger partial charge in [0, 0.05) is 11.1 Å². The summed E-state index contributed by atoms with van der Waals surface area (Å²) in [7, 11) is 1.52. The summed E-state index contributed by atoms with van der Waals surface area (Å²) in [5, 5.41) is 25.5. The highest BCUT2D eigenvalue weighted by Gasteiger charge is 2.08. The average Bonchev–Trinajstić information content (AvgIpc) is 3.12. The minimum absolute atomic E-state index is 0.0224. The highest BCUT2D eigenvalue weighted by Crippen LogP contribution is 2.20. The molecule has 0 atom stereocenters. The smallest absolute Gasteiger partial charge is 0.263 e. The first kappa shape index (κ1) is 17.1. The number of tetrazole rings is 1. The van der Waals surface area contributed by atoms with Crippen molar-refractivity contribution in [3.63, 3.8) is 0 Å². The van der Waals surface area contributed by atoms with Gasteiger partial charge in [0.25, 0.3) is 5.91 Å². The molecular weight excluding hydrogens is 336 g/mol. The van der Waals surface area contributed by atoms with Crippen molar-refractivity contribution in [1.29, 1.82) is 0 Å². The third-order valence-electron chi connectivity index (χ3n) is 3.40. The Morgan fingerprint density at radius 3 is 2.88 bits per heavy atom. The molecule has 2 N–H and O–H groups in total. The number of phenolic OH excluding ortho intramolecular Hbond substituents is 1. The van der Waals surface area contributed by atoms with Crippen molar-refractivity contribution >= 4 is 12.1 Å². The molecular formula is C17H16N6O3. The molecule has 0 aliphatic rings. The van der Waals surface area contributed by atoms with Crippen LogP contribution in [0, 0.1) is 0 Å². The molecule has 0 unspecified atom stereocenters. The van der Waals surface area contributed by atoms with E-state index in [4.69, 9.17) is 4.74 Å². The van der Waals surface area contributed by atoms with Gasteiger partial charge in [0.1, 0.15) is 18.0 Å². The van der Waals surface area contributed by atoms with Gasteiger partial charge in [-0.15, -0.1) is 10.2 Å². The van der Waals surface area contributed by atoms with Crippen molar-refractivity contribution in [2.24, 2.45) is 5.10 Å². The number of ether oxygens (including phenoxy) is 1. The van der Waals surface area contributed by atoms with E-state index in [9.17, 15) is 9.90 Å². The molecule has 0 bridgehead atoms. The van der Waals surface area contributed by atoms with Gasteiger partial charge >= 0.3 is 0 Å². The summed E-state index contributed by atoms with van der Waals surface area (Å²) in [5.74, 6) is 0.592. The lowest BCUT2D eigenvalue weighted by atomic mass is 10.2. The molecule has 26 heavy (non-hydrogen) atoms. The fourth-order valence-electron chi connectivity index (χ4n) is 2.11. The lowest BCUT2D eigenvalue weighted by Crippen LogP contribution is -2.24. The number of amides is 1. The summed E-state index contributed by atoms with van der Waals surface area (Å²) in [6.45, 7) is -0.138. The van der Waals surface area contributed by atoms with Crippen LogP contribution in [0.15, 0.2) is 53.6 Å². The molecule has 0 saturated carbocycles. The second kappa shape index (κ2) is 7.88. The van der Waals surface area contributed by atoms with Gasteiger partial charge in [-0.25, -0.2) is 5.43 Å². The number of aromatic hydroxyl groups is 1. The van der Waals surface area contributed by atoms with Gasteiger partial charge in [0.2, 0.25) is 5.82 Å². The average molecular weight is 352 g/mol. The van der Waals surface area contributed by atoms with Gasteiger partial charge in [0.15, 0.2) is 0 Å². The zero-order valence-corrected chi connectivity index (χ0v) is 13.9. The summed E-state index contributed by atoms with van der Waals surface area (Å²) in [6.07, 6.45) is 1.32. The Bertz CT molecular complexity index is 923. The van der Waals surface area contributed by atoms with Gasteiger partial charge in [0.05, 0.1) is 13.3 Å². The number of benzene rings is 2. The van der Waals surface area contributed by atoms with Crippen LogP contribution in [0.25, 0.3) is 11.4 Å². The van der Waals surface area contributed by atoms with Crippen LogP contribution < -0.4 is 10.2 Å². The maximum atomic E-state index is 11.9. The molecule has 0 radical (unpaired) electrons. The fraction of sp³-hybridized carbons (Fsp3) is 0.118. The predicted molar refractivity (Wildman–Crippen MR) is 93.6 cm³/mol.